The Morgan fingerprint density at radius 3 is 2.41 bits per heavy atom. The third kappa shape index (κ3) is 4.70. The normalized spacial score (nSPS) is 12.0. The van der Waals surface area contributed by atoms with Crippen LogP contribution in [0.1, 0.15) is 19.4 Å². The third-order valence-corrected chi connectivity index (χ3v) is 6.61. The maximum atomic E-state index is 12.5. The number of aromatic nitrogens is 1. The van der Waals surface area contributed by atoms with E-state index in [4.69, 9.17) is 0 Å². The Labute approximate surface area is 170 Å². The Hall–Kier alpha value is -3.03. The standard InChI is InChI=1S/C22H23N3O3S/c1-3-25(4-2)29(27,28)19-13-10-17(11-14-19)12-15-21(26)24-20-9-5-7-18-8-6-16-23-22(18)20/h5-16H,3-4H2,1-2H3,(H,24,26). The van der Waals surface area contributed by atoms with Crippen LogP contribution in [0.3, 0.4) is 0 Å². The van der Waals surface area contributed by atoms with Crippen LogP contribution in [0.25, 0.3) is 17.0 Å². The van der Waals surface area contributed by atoms with Gasteiger partial charge in [-0.15, -0.1) is 0 Å². The number of rotatable bonds is 7. The first-order valence-corrected chi connectivity index (χ1v) is 10.8. The molecule has 3 rings (SSSR count). The van der Waals surface area contributed by atoms with Crippen molar-refractivity contribution in [1.29, 1.82) is 0 Å². The second-order valence-electron chi connectivity index (χ2n) is 6.36. The molecule has 0 aliphatic carbocycles. The van der Waals surface area contributed by atoms with Crippen molar-refractivity contribution < 1.29 is 13.2 Å². The first kappa shape index (κ1) is 20.7. The number of carbonyl (C=O) groups is 1. The highest BCUT2D eigenvalue weighted by Gasteiger charge is 2.20. The van der Waals surface area contributed by atoms with Crippen molar-refractivity contribution in [2.45, 2.75) is 18.7 Å². The zero-order chi connectivity index (χ0) is 20.9. The quantitative estimate of drug-likeness (QED) is 0.600. The van der Waals surface area contributed by atoms with Gasteiger partial charge in [-0.1, -0.05) is 44.2 Å². The number of amides is 1. The molecule has 0 spiro atoms. The van der Waals surface area contributed by atoms with E-state index in [0.717, 1.165) is 16.5 Å². The Bertz CT molecular complexity index is 1130. The molecular weight excluding hydrogens is 386 g/mol. The molecule has 0 fully saturated rings. The van der Waals surface area contributed by atoms with Crippen LogP contribution >= 0.6 is 0 Å². The summed E-state index contributed by atoms with van der Waals surface area (Å²) < 4.78 is 26.4. The Morgan fingerprint density at radius 1 is 1.03 bits per heavy atom. The van der Waals surface area contributed by atoms with Crippen LogP contribution in [0.5, 0.6) is 0 Å². The lowest BCUT2D eigenvalue weighted by atomic mass is 10.2. The number of sulfonamides is 1. The average molecular weight is 410 g/mol. The number of hydrogen-bond donors (Lipinski definition) is 1. The van der Waals surface area contributed by atoms with E-state index in [1.54, 1.807) is 42.6 Å². The molecule has 0 saturated heterocycles. The number of anilines is 1. The van der Waals surface area contributed by atoms with E-state index in [1.807, 2.05) is 38.1 Å². The molecule has 0 saturated carbocycles. The van der Waals surface area contributed by atoms with Gasteiger partial charge in [0.1, 0.15) is 0 Å². The largest absolute Gasteiger partial charge is 0.321 e. The van der Waals surface area contributed by atoms with E-state index >= 15 is 0 Å². The molecule has 3 aromatic rings. The number of pyridine rings is 1. The fourth-order valence-corrected chi connectivity index (χ4v) is 4.47. The summed E-state index contributed by atoms with van der Waals surface area (Å²) in [5.74, 6) is -0.289. The molecule has 0 bridgehead atoms. The lowest BCUT2D eigenvalue weighted by Gasteiger charge is -2.18. The van der Waals surface area contributed by atoms with Crippen LogP contribution in [0.15, 0.2) is 71.8 Å². The van der Waals surface area contributed by atoms with E-state index in [-0.39, 0.29) is 10.8 Å². The number of para-hydroxylation sites is 1. The molecule has 0 aliphatic heterocycles. The van der Waals surface area contributed by atoms with E-state index in [0.29, 0.717) is 18.8 Å². The van der Waals surface area contributed by atoms with Gasteiger partial charge in [0.25, 0.3) is 0 Å². The van der Waals surface area contributed by atoms with Gasteiger partial charge in [0.05, 0.1) is 16.1 Å². The zero-order valence-corrected chi connectivity index (χ0v) is 17.2. The topological polar surface area (TPSA) is 79.4 Å². The molecule has 0 unspecified atom stereocenters. The smallest absolute Gasteiger partial charge is 0.248 e. The minimum atomic E-state index is -3.49. The molecule has 0 radical (unpaired) electrons. The predicted octanol–water partition coefficient (Wildman–Crippen LogP) is 3.92. The summed E-state index contributed by atoms with van der Waals surface area (Å²) >= 11 is 0. The van der Waals surface area contributed by atoms with Gasteiger partial charge >= 0.3 is 0 Å². The fourth-order valence-electron chi connectivity index (χ4n) is 3.01. The Morgan fingerprint density at radius 2 is 1.72 bits per heavy atom. The van der Waals surface area contributed by atoms with Crippen molar-refractivity contribution in [2.75, 3.05) is 18.4 Å². The first-order valence-electron chi connectivity index (χ1n) is 9.38. The molecule has 1 heterocycles. The van der Waals surface area contributed by atoms with Crippen LogP contribution in [-0.2, 0) is 14.8 Å². The van der Waals surface area contributed by atoms with Crippen LogP contribution in [0, 0.1) is 0 Å². The second-order valence-corrected chi connectivity index (χ2v) is 8.30. The summed E-state index contributed by atoms with van der Waals surface area (Å²) in [4.78, 5) is 16.8. The predicted molar refractivity (Wildman–Crippen MR) is 116 cm³/mol. The highest BCUT2D eigenvalue weighted by Crippen LogP contribution is 2.21. The minimum Gasteiger partial charge on any atom is -0.321 e. The maximum absolute atomic E-state index is 12.5. The first-order chi connectivity index (χ1) is 14.0. The second kappa shape index (κ2) is 8.98. The summed E-state index contributed by atoms with van der Waals surface area (Å²) in [5.41, 5.74) is 2.09. The van der Waals surface area contributed by atoms with E-state index < -0.39 is 10.0 Å². The molecular formula is C22H23N3O3S. The third-order valence-electron chi connectivity index (χ3n) is 4.54. The zero-order valence-electron chi connectivity index (χ0n) is 16.4. The van der Waals surface area contributed by atoms with E-state index in [2.05, 4.69) is 10.3 Å². The number of carbonyl (C=O) groups excluding carboxylic acids is 1. The van der Waals surface area contributed by atoms with Crippen molar-refractivity contribution in [3.63, 3.8) is 0 Å². The van der Waals surface area contributed by atoms with Crippen molar-refractivity contribution in [1.82, 2.24) is 9.29 Å². The van der Waals surface area contributed by atoms with Gasteiger partial charge in [0.2, 0.25) is 15.9 Å². The molecule has 1 amide bonds. The summed E-state index contributed by atoms with van der Waals surface area (Å²) in [6.07, 6.45) is 4.74. The van der Waals surface area contributed by atoms with E-state index in [9.17, 15) is 13.2 Å². The number of nitrogens with one attached hydrogen (secondary N) is 1. The van der Waals surface area contributed by atoms with Gasteiger partial charge in [0.15, 0.2) is 0 Å². The summed E-state index contributed by atoms with van der Waals surface area (Å²) in [7, 11) is -3.49. The van der Waals surface area contributed by atoms with Gasteiger partial charge in [-0.2, -0.15) is 4.31 Å². The fraction of sp³-hybridized carbons (Fsp3) is 0.182. The van der Waals surface area contributed by atoms with Gasteiger partial charge in [-0.3, -0.25) is 9.78 Å². The maximum Gasteiger partial charge on any atom is 0.248 e. The number of fused-ring (bicyclic) bond motifs is 1. The van der Waals surface area contributed by atoms with Crippen LogP contribution in [-0.4, -0.2) is 36.7 Å². The molecule has 0 atom stereocenters. The molecule has 7 heteroatoms. The molecule has 2 aromatic carbocycles. The van der Waals surface area contributed by atoms with Crippen LogP contribution < -0.4 is 5.32 Å². The van der Waals surface area contributed by atoms with E-state index in [1.165, 1.54) is 10.4 Å². The van der Waals surface area contributed by atoms with Crippen molar-refractivity contribution >= 4 is 38.6 Å². The molecule has 150 valence electrons. The van der Waals surface area contributed by atoms with Gasteiger partial charge in [0, 0.05) is 30.7 Å². The number of nitrogens with zero attached hydrogens (tertiary/aromatic N) is 2. The average Bonchev–Trinajstić information content (AvgIpc) is 2.73. The highest BCUT2D eigenvalue weighted by molar-refractivity contribution is 7.89. The summed E-state index contributed by atoms with van der Waals surface area (Å²) in [6, 6.07) is 15.8. The molecule has 29 heavy (non-hydrogen) atoms. The molecule has 1 N–H and O–H groups in total. The minimum absolute atomic E-state index is 0.240. The number of benzene rings is 2. The highest BCUT2D eigenvalue weighted by atomic mass is 32.2. The van der Waals surface area contributed by atoms with Gasteiger partial charge in [-0.25, -0.2) is 8.42 Å². The number of hydrogen-bond acceptors (Lipinski definition) is 4. The van der Waals surface area contributed by atoms with Crippen molar-refractivity contribution in [2.24, 2.45) is 0 Å². The monoisotopic (exact) mass is 409 g/mol. The SMILES string of the molecule is CCN(CC)S(=O)(=O)c1ccc(C=CC(=O)Nc2cccc3cccnc23)cc1. The molecule has 1 aromatic heterocycles. The Kier molecular flexibility index (Phi) is 6.41. The lowest BCUT2D eigenvalue weighted by Crippen LogP contribution is -2.30. The molecule has 6 nitrogen and oxygen atoms in total. The Balaban J connectivity index is 1.72. The van der Waals surface area contributed by atoms with Gasteiger partial charge < -0.3 is 5.32 Å². The van der Waals surface area contributed by atoms with Crippen LogP contribution in [0.4, 0.5) is 5.69 Å². The summed E-state index contributed by atoms with van der Waals surface area (Å²) in [6.45, 7) is 4.46. The summed E-state index contributed by atoms with van der Waals surface area (Å²) in [5, 5.41) is 3.77. The van der Waals surface area contributed by atoms with Crippen LogP contribution in [0.2, 0.25) is 0 Å². The van der Waals surface area contributed by atoms with Crippen molar-refractivity contribution in [3.05, 3.63) is 72.4 Å². The van der Waals surface area contributed by atoms with Crippen molar-refractivity contribution in [3.8, 4) is 0 Å². The molecule has 0 aliphatic rings. The van der Waals surface area contributed by atoms with Gasteiger partial charge in [-0.05, 0) is 35.9 Å². The lowest BCUT2D eigenvalue weighted by molar-refractivity contribution is -0.111.